The summed E-state index contributed by atoms with van der Waals surface area (Å²) in [5, 5.41) is 3.14. The van der Waals surface area contributed by atoms with Crippen molar-refractivity contribution in [2.24, 2.45) is 0 Å². The minimum Gasteiger partial charge on any atom is -0.374 e. The monoisotopic (exact) mass is 583 g/mol. The lowest BCUT2D eigenvalue weighted by molar-refractivity contribution is -0.216. The van der Waals surface area contributed by atoms with Gasteiger partial charge in [-0.05, 0) is 28.8 Å². The first-order valence-corrected chi connectivity index (χ1v) is 15.1. The summed E-state index contributed by atoms with van der Waals surface area (Å²) < 4.78 is 26.2. The Kier molecular flexibility index (Phi) is 11.2. The van der Waals surface area contributed by atoms with Crippen molar-refractivity contribution in [1.29, 1.82) is 0 Å². The maximum absolute atomic E-state index is 12.5. The van der Waals surface area contributed by atoms with Gasteiger partial charge >= 0.3 is 0 Å². The van der Waals surface area contributed by atoms with Gasteiger partial charge in [0.2, 0.25) is 5.91 Å². The van der Waals surface area contributed by atoms with E-state index in [0.29, 0.717) is 26.4 Å². The minimum absolute atomic E-state index is 0.156. The van der Waals surface area contributed by atoms with Gasteiger partial charge < -0.3 is 24.3 Å². The summed E-state index contributed by atoms with van der Waals surface area (Å²) in [7, 11) is 0. The molecule has 1 heterocycles. The summed E-state index contributed by atoms with van der Waals surface area (Å²) in [6, 6.07) is 39.7. The van der Waals surface area contributed by atoms with Crippen LogP contribution in [-0.4, -0.2) is 42.3 Å². The van der Waals surface area contributed by atoms with Gasteiger partial charge in [-0.25, -0.2) is 0 Å². The Bertz CT molecular complexity index is 1340. The third-order valence-corrected chi connectivity index (χ3v) is 8.16. The third-order valence-electron chi connectivity index (χ3n) is 6.98. The fourth-order valence-electron chi connectivity index (χ4n) is 4.96. The number of nitrogens with one attached hydrogen (secondary N) is 1. The molecule has 5 atom stereocenters. The number of carbonyl (C=O) groups is 1. The maximum Gasteiger partial charge on any atom is 0.217 e. The Morgan fingerprint density at radius 1 is 0.690 bits per heavy atom. The Morgan fingerprint density at radius 3 is 1.69 bits per heavy atom. The molecule has 0 radical (unpaired) electrons. The summed E-state index contributed by atoms with van der Waals surface area (Å²) in [6.45, 7) is 3.02. The van der Waals surface area contributed by atoms with Crippen molar-refractivity contribution in [3.8, 4) is 0 Å². The Balaban J connectivity index is 1.44. The second-order valence-corrected chi connectivity index (χ2v) is 11.4. The van der Waals surface area contributed by atoms with Crippen LogP contribution in [0.4, 0.5) is 0 Å². The van der Waals surface area contributed by atoms with Crippen LogP contribution in [0.25, 0.3) is 0 Å². The number of hydrogen-bond acceptors (Lipinski definition) is 6. The van der Waals surface area contributed by atoms with E-state index in [4.69, 9.17) is 18.9 Å². The SMILES string of the molecule is CC(=O)N[C@@H]1[C@@H](OCc2ccccc2)[C@H](OCc2ccccc2)[C@@H](COCc2ccccc2)O[C@H]1Sc1ccccc1. The van der Waals surface area contributed by atoms with Crippen molar-refractivity contribution in [2.75, 3.05) is 6.61 Å². The highest BCUT2D eigenvalue weighted by molar-refractivity contribution is 7.99. The average Bonchev–Trinajstić information content (AvgIpc) is 3.02. The zero-order valence-electron chi connectivity index (χ0n) is 23.7. The molecule has 0 saturated carbocycles. The molecule has 0 aromatic heterocycles. The first kappa shape index (κ1) is 30.0. The van der Waals surface area contributed by atoms with Crippen molar-refractivity contribution >= 4 is 17.7 Å². The fourth-order valence-corrected chi connectivity index (χ4v) is 6.11. The smallest absolute Gasteiger partial charge is 0.217 e. The molecule has 4 aromatic rings. The van der Waals surface area contributed by atoms with Crippen molar-refractivity contribution in [1.82, 2.24) is 5.32 Å². The average molecular weight is 584 g/mol. The Morgan fingerprint density at radius 2 is 1.17 bits per heavy atom. The Hall–Kier alpha value is -3.46. The van der Waals surface area contributed by atoms with Crippen molar-refractivity contribution in [3.63, 3.8) is 0 Å². The van der Waals surface area contributed by atoms with Crippen molar-refractivity contribution in [3.05, 3.63) is 138 Å². The summed E-state index contributed by atoms with van der Waals surface area (Å²) >= 11 is 1.56. The highest BCUT2D eigenvalue weighted by Crippen LogP contribution is 2.36. The number of amides is 1. The van der Waals surface area contributed by atoms with Crippen LogP contribution in [0.15, 0.2) is 126 Å². The number of benzene rings is 4. The zero-order valence-corrected chi connectivity index (χ0v) is 24.5. The molecule has 1 fully saturated rings. The molecule has 0 spiro atoms. The van der Waals surface area contributed by atoms with E-state index in [1.165, 1.54) is 6.92 Å². The molecule has 5 rings (SSSR count). The third kappa shape index (κ3) is 8.77. The highest BCUT2D eigenvalue weighted by atomic mass is 32.2. The van der Waals surface area contributed by atoms with Crippen molar-refractivity contribution < 1.29 is 23.7 Å². The molecule has 0 bridgehead atoms. The lowest BCUT2D eigenvalue weighted by atomic mass is 9.97. The molecule has 218 valence electrons. The van der Waals surface area contributed by atoms with Crippen LogP contribution in [-0.2, 0) is 43.6 Å². The van der Waals surface area contributed by atoms with E-state index in [1.807, 2.05) is 121 Å². The van der Waals surface area contributed by atoms with Gasteiger partial charge in [0.05, 0.1) is 32.5 Å². The lowest BCUT2D eigenvalue weighted by Gasteiger charge is -2.46. The van der Waals surface area contributed by atoms with Gasteiger partial charge in [-0.1, -0.05) is 121 Å². The predicted molar refractivity (Wildman–Crippen MR) is 165 cm³/mol. The first-order valence-electron chi connectivity index (χ1n) is 14.2. The molecule has 42 heavy (non-hydrogen) atoms. The van der Waals surface area contributed by atoms with E-state index in [-0.39, 0.29) is 5.91 Å². The molecule has 6 nitrogen and oxygen atoms in total. The van der Waals surface area contributed by atoms with Gasteiger partial charge in [0.15, 0.2) is 0 Å². The standard InChI is InChI=1S/C35H37NO5S/c1-26(37)36-32-34(40-24-29-18-10-4-11-19-29)33(39-23-28-16-8-3-9-17-28)31(25-38-22-27-14-6-2-7-15-27)41-35(32)42-30-20-12-5-13-21-30/h2-21,31-35H,22-25H2,1H3,(H,36,37)/t31-,32-,33-,34-,35+/m1/s1. The summed E-state index contributed by atoms with van der Waals surface area (Å²) in [6.07, 6.45) is -1.45. The van der Waals surface area contributed by atoms with Crippen LogP contribution in [0.1, 0.15) is 23.6 Å². The molecule has 1 saturated heterocycles. The van der Waals surface area contributed by atoms with Gasteiger partial charge in [0.25, 0.3) is 0 Å². The molecule has 0 aliphatic carbocycles. The highest BCUT2D eigenvalue weighted by Gasteiger charge is 2.48. The number of carbonyl (C=O) groups excluding carboxylic acids is 1. The second-order valence-electron chi connectivity index (χ2n) is 10.2. The molecule has 4 aromatic carbocycles. The minimum atomic E-state index is -0.505. The quantitative estimate of drug-likeness (QED) is 0.197. The topological polar surface area (TPSA) is 66.0 Å². The number of rotatable bonds is 13. The van der Waals surface area contributed by atoms with E-state index in [2.05, 4.69) is 5.32 Å². The molecule has 1 aliphatic rings. The van der Waals surface area contributed by atoms with Crippen LogP contribution in [0.5, 0.6) is 0 Å². The molecule has 0 unspecified atom stereocenters. The molecule has 7 heteroatoms. The molecule has 1 aliphatic heterocycles. The van der Waals surface area contributed by atoms with Crippen LogP contribution < -0.4 is 5.32 Å². The summed E-state index contributed by atoms with van der Waals surface area (Å²) in [5.74, 6) is -0.156. The van der Waals surface area contributed by atoms with E-state index in [9.17, 15) is 4.79 Å². The molecular formula is C35H37NO5S. The number of hydrogen-bond donors (Lipinski definition) is 1. The van der Waals surface area contributed by atoms with Gasteiger partial charge in [0.1, 0.15) is 23.7 Å². The van der Waals surface area contributed by atoms with Gasteiger partial charge in [0, 0.05) is 11.8 Å². The van der Waals surface area contributed by atoms with Gasteiger partial charge in [-0.3, -0.25) is 4.79 Å². The largest absolute Gasteiger partial charge is 0.374 e. The normalized spacial score (nSPS) is 22.0. The summed E-state index contributed by atoms with van der Waals surface area (Å²) in [5.41, 5.74) is 2.73. The van der Waals surface area contributed by atoms with Crippen LogP contribution in [0.3, 0.4) is 0 Å². The van der Waals surface area contributed by atoms with E-state index >= 15 is 0 Å². The zero-order chi connectivity index (χ0) is 29.0. The van der Waals surface area contributed by atoms with Crippen LogP contribution in [0.2, 0.25) is 0 Å². The van der Waals surface area contributed by atoms with Crippen LogP contribution >= 0.6 is 11.8 Å². The van der Waals surface area contributed by atoms with E-state index in [1.54, 1.807) is 11.8 Å². The molecule has 1 N–H and O–H groups in total. The number of thioether (sulfide) groups is 1. The first-order chi connectivity index (χ1) is 20.7. The maximum atomic E-state index is 12.5. The van der Waals surface area contributed by atoms with E-state index in [0.717, 1.165) is 21.6 Å². The van der Waals surface area contributed by atoms with Crippen molar-refractivity contribution in [2.45, 2.75) is 61.4 Å². The lowest BCUT2D eigenvalue weighted by Crippen LogP contribution is -2.64. The van der Waals surface area contributed by atoms with Gasteiger partial charge in [-0.2, -0.15) is 0 Å². The number of ether oxygens (including phenoxy) is 4. The van der Waals surface area contributed by atoms with E-state index < -0.39 is 29.8 Å². The molecule has 1 amide bonds. The predicted octanol–water partition coefficient (Wildman–Crippen LogP) is 6.40. The van der Waals surface area contributed by atoms with Crippen LogP contribution in [0, 0.1) is 0 Å². The van der Waals surface area contributed by atoms with Gasteiger partial charge in [-0.15, -0.1) is 0 Å². The second kappa shape index (κ2) is 15.7. The summed E-state index contributed by atoms with van der Waals surface area (Å²) in [4.78, 5) is 13.6. The fraction of sp³-hybridized carbons (Fsp3) is 0.286. The molecular weight excluding hydrogens is 546 g/mol. The Labute approximate surface area is 252 Å².